The highest BCUT2D eigenvalue weighted by Crippen LogP contribution is 2.12. The van der Waals surface area contributed by atoms with Crippen molar-refractivity contribution in [3.05, 3.63) is 97.2 Å². The summed E-state index contributed by atoms with van der Waals surface area (Å²) < 4.78 is 17.1. The number of carboxylic acids is 1. The Morgan fingerprint density at radius 1 is 0.517 bits per heavy atom. The van der Waals surface area contributed by atoms with Crippen molar-refractivity contribution < 1.29 is 38.2 Å². The van der Waals surface area contributed by atoms with Crippen LogP contribution in [0.15, 0.2) is 97.2 Å². The molecule has 0 aliphatic rings. The van der Waals surface area contributed by atoms with Gasteiger partial charge in [-0.2, -0.15) is 0 Å². The van der Waals surface area contributed by atoms with E-state index in [4.69, 9.17) is 14.2 Å². The maximum atomic E-state index is 12.7. The molecule has 8 heteroatoms. The summed E-state index contributed by atoms with van der Waals surface area (Å²) in [5.74, 6) is -1.84. The summed E-state index contributed by atoms with van der Waals surface area (Å²) in [6.07, 6.45) is 53.0. The van der Waals surface area contributed by atoms with Gasteiger partial charge in [-0.15, -0.1) is 0 Å². The van der Waals surface area contributed by atoms with Crippen molar-refractivity contribution in [3.8, 4) is 0 Å². The fourth-order valence-electron chi connectivity index (χ4n) is 5.82. The topological polar surface area (TPSA) is 102 Å². The van der Waals surface area contributed by atoms with Crippen molar-refractivity contribution >= 4 is 17.9 Å². The third-order valence-corrected chi connectivity index (χ3v) is 9.22. The zero-order valence-electron chi connectivity index (χ0n) is 37.2. The first kappa shape index (κ1) is 54.2. The van der Waals surface area contributed by atoms with Crippen molar-refractivity contribution in [2.24, 2.45) is 0 Å². The van der Waals surface area contributed by atoms with Crippen LogP contribution in [0.4, 0.5) is 0 Å². The monoisotopic (exact) mass is 808 g/mol. The molecule has 0 aliphatic heterocycles. The van der Waals surface area contributed by atoms with E-state index in [1.54, 1.807) is 21.1 Å². The number of allylic oxidation sites excluding steroid dienone is 16. The summed E-state index contributed by atoms with van der Waals surface area (Å²) in [4.78, 5) is 36.8. The van der Waals surface area contributed by atoms with E-state index in [-0.39, 0.29) is 49.1 Å². The molecule has 0 saturated carbocycles. The van der Waals surface area contributed by atoms with Crippen molar-refractivity contribution in [2.75, 3.05) is 41.0 Å². The largest absolute Gasteiger partial charge is 0.544 e. The Morgan fingerprint density at radius 3 is 1.40 bits per heavy atom. The molecular weight excluding hydrogens is 727 g/mol. The number of aliphatic carboxylic acids is 1. The smallest absolute Gasteiger partial charge is 0.306 e. The first-order chi connectivity index (χ1) is 28.1. The molecule has 328 valence electrons. The number of likely N-dealkylation sites (N-methyl/N-ethyl adjacent to an activating group) is 1. The lowest BCUT2D eigenvalue weighted by atomic mass is 10.1. The second-order valence-electron chi connectivity index (χ2n) is 15.5. The molecule has 0 radical (unpaired) electrons. The van der Waals surface area contributed by atoms with Gasteiger partial charge in [0.15, 0.2) is 6.10 Å². The Labute approximate surface area is 354 Å². The number of hydrogen-bond acceptors (Lipinski definition) is 7. The maximum absolute atomic E-state index is 12.7. The lowest BCUT2D eigenvalue weighted by Crippen LogP contribution is -2.55. The standard InChI is InChI=1S/C50H81NO7/c1-6-8-10-12-14-16-18-20-22-23-24-25-26-27-29-31-33-35-37-39-41-49(53)58-46(44-56-43-42-47(50(54)55)51(3,4)5)45-57-48(52)40-38-36-34-32-30-28-21-19-17-15-13-11-9-7-2/h8-11,14-17,20,22,24-25,27,29,33,35,46-47H,6-7,12-13,18-19,21,23,26,28,30-32,34,36-45H2,1-5H3/b10-8+,11-9+,16-14+,17-15+,22-20+,25-24+,29-27+,35-33+. The SMILES string of the molecule is CC/C=C/C/C=C/C/C=C/C/C=C/C/C=C/C/C=C/CCCC(=O)OC(COCCC(C(=O)[O-])[N+](C)(C)C)COC(=O)CCCCCCCCC/C=C/C/C=C/CC. The van der Waals surface area contributed by atoms with Crippen molar-refractivity contribution in [3.63, 3.8) is 0 Å². The fourth-order valence-corrected chi connectivity index (χ4v) is 5.82. The van der Waals surface area contributed by atoms with Crippen LogP contribution in [0.5, 0.6) is 0 Å². The number of nitrogens with zero attached hydrogens (tertiary/aromatic N) is 1. The van der Waals surface area contributed by atoms with Crippen molar-refractivity contribution in [2.45, 2.75) is 161 Å². The highest BCUT2D eigenvalue weighted by atomic mass is 16.6. The lowest BCUT2D eigenvalue weighted by molar-refractivity contribution is -0.889. The molecule has 2 atom stereocenters. The predicted octanol–water partition coefficient (Wildman–Crippen LogP) is 11.0. The fraction of sp³-hybridized carbons (Fsp3) is 0.620. The minimum atomic E-state index is -1.14. The average Bonchev–Trinajstić information content (AvgIpc) is 3.18. The molecule has 0 fully saturated rings. The van der Waals surface area contributed by atoms with Gasteiger partial charge >= 0.3 is 11.9 Å². The van der Waals surface area contributed by atoms with Crippen LogP contribution in [0.1, 0.15) is 149 Å². The van der Waals surface area contributed by atoms with Gasteiger partial charge in [-0.05, 0) is 83.5 Å². The second kappa shape index (κ2) is 40.0. The molecule has 0 spiro atoms. The van der Waals surface area contributed by atoms with Gasteiger partial charge in [0.05, 0.1) is 40.3 Å². The minimum Gasteiger partial charge on any atom is -0.544 e. The Bertz CT molecular complexity index is 1260. The van der Waals surface area contributed by atoms with Crippen LogP contribution in [0.3, 0.4) is 0 Å². The van der Waals surface area contributed by atoms with Gasteiger partial charge in [0.25, 0.3) is 0 Å². The molecule has 0 aromatic heterocycles. The van der Waals surface area contributed by atoms with Gasteiger partial charge in [-0.3, -0.25) is 9.59 Å². The highest BCUT2D eigenvalue weighted by Gasteiger charge is 2.25. The first-order valence-electron chi connectivity index (χ1n) is 22.3. The molecule has 0 heterocycles. The molecule has 0 saturated heterocycles. The van der Waals surface area contributed by atoms with Crippen LogP contribution in [-0.2, 0) is 28.6 Å². The van der Waals surface area contributed by atoms with Crippen LogP contribution in [0.25, 0.3) is 0 Å². The van der Waals surface area contributed by atoms with Crippen molar-refractivity contribution in [1.29, 1.82) is 0 Å². The molecule has 0 aromatic carbocycles. The number of hydrogen-bond donors (Lipinski definition) is 0. The van der Waals surface area contributed by atoms with E-state index in [1.807, 2.05) is 0 Å². The van der Waals surface area contributed by atoms with E-state index in [2.05, 4.69) is 111 Å². The molecule has 58 heavy (non-hydrogen) atoms. The van der Waals surface area contributed by atoms with Crippen LogP contribution in [0.2, 0.25) is 0 Å². The Balaban J connectivity index is 4.48. The number of carboxylic acid groups (broad SMARTS) is 1. The zero-order valence-corrected chi connectivity index (χ0v) is 37.2. The van der Waals surface area contributed by atoms with Gasteiger partial charge < -0.3 is 28.6 Å². The van der Waals surface area contributed by atoms with Crippen LogP contribution in [-0.4, -0.2) is 75.5 Å². The number of carbonyl (C=O) groups excluding carboxylic acids is 3. The lowest BCUT2D eigenvalue weighted by Gasteiger charge is -2.34. The van der Waals surface area contributed by atoms with Gasteiger partial charge in [0, 0.05) is 19.3 Å². The van der Waals surface area contributed by atoms with Crippen molar-refractivity contribution in [1.82, 2.24) is 0 Å². The zero-order chi connectivity index (χ0) is 42.8. The Morgan fingerprint density at radius 2 is 0.931 bits per heavy atom. The second-order valence-corrected chi connectivity index (χ2v) is 15.5. The number of unbranched alkanes of at least 4 members (excludes halogenated alkanes) is 8. The van der Waals surface area contributed by atoms with Crippen LogP contribution in [0, 0.1) is 0 Å². The van der Waals surface area contributed by atoms with E-state index in [1.165, 1.54) is 25.7 Å². The molecular formula is C50H81NO7. The average molecular weight is 808 g/mol. The van der Waals surface area contributed by atoms with Gasteiger partial charge in [-0.25, -0.2) is 0 Å². The number of quaternary nitrogens is 1. The molecule has 0 N–H and O–H groups in total. The first-order valence-corrected chi connectivity index (χ1v) is 22.3. The summed E-state index contributed by atoms with van der Waals surface area (Å²) >= 11 is 0. The van der Waals surface area contributed by atoms with E-state index in [0.29, 0.717) is 12.8 Å². The molecule has 0 aliphatic carbocycles. The maximum Gasteiger partial charge on any atom is 0.306 e. The van der Waals surface area contributed by atoms with Gasteiger partial charge in [0.2, 0.25) is 0 Å². The minimum absolute atomic E-state index is 0.00871. The van der Waals surface area contributed by atoms with E-state index >= 15 is 0 Å². The highest BCUT2D eigenvalue weighted by molar-refractivity contribution is 5.70. The van der Waals surface area contributed by atoms with Crippen LogP contribution >= 0.6 is 0 Å². The predicted molar refractivity (Wildman–Crippen MR) is 240 cm³/mol. The quantitative estimate of drug-likeness (QED) is 0.0265. The van der Waals surface area contributed by atoms with Crippen LogP contribution < -0.4 is 5.11 Å². The molecule has 2 unspecified atom stereocenters. The van der Waals surface area contributed by atoms with Gasteiger partial charge in [0.1, 0.15) is 12.6 Å². The van der Waals surface area contributed by atoms with E-state index in [9.17, 15) is 19.5 Å². The third kappa shape index (κ3) is 37.8. The normalized spacial score (nSPS) is 13.9. The molecule has 0 bridgehead atoms. The van der Waals surface area contributed by atoms with Gasteiger partial charge in [-0.1, -0.05) is 143 Å². The summed E-state index contributed by atoms with van der Waals surface area (Å²) in [6.45, 7) is 4.35. The van der Waals surface area contributed by atoms with E-state index in [0.717, 1.165) is 83.5 Å². The Kier molecular flexibility index (Phi) is 37.5. The summed E-state index contributed by atoms with van der Waals surface area (Å²) in [5, 5.41) is 11.6. The molecule has 0 aromatic rings. The molecule has 0 amide bonds. The summed E-state index contributed by atoms with van der Waals surface area (Å²) in [7, 11) is 5.37. The third-order valence-electron chi connectivity index (χ3n) is 9.22. The number of ether oxygens (including phenoxy) is 3. The Hall–Kier alpha value is -3.75. The van der Waals surface area contributed by atoms with E-state index < -0.39 is 18.1 Å². The number of rotatable bonds is 38. The number of esters is 2. The molecule has 0 rings (SSSR count). The molecule has 8 nitrogen and oxygen atoms in total. The number of carbonyl (C=O) groups is 3. The summed E-state index contributed by atoms with van der Waals surface area (Å²) in [6, 6.07) is -0.743. The summed E-state index contributed by atoms with van der Waals surface area (Å²) in [5.41, 5.74) is 0.